The van der Waals surface area contributed by atoms with Gasteiger partial charge in [-0.1, -0.05) is 18.2 Å². The molecule has 1 aliphatic carbocycles. The Morgan fingerprint density at radius 1 is 1.47 bits per heavy atom. The van der Waals surface area contributed by atoms with Crippen LogP contribution in [0.2, 0.25) is 0 Å². The minimum absolute atomic E-state index is 0.0862. The number of hydrogen-bond acceptors (Lipinski definition) is 3. The second kappa shape index (κ2) is 8.29. The van der Waals surface area contributed by atoms with Crippen LogP contribution in [0.15, 0.2) is 35.6 Å². The first-order valence-corrected chi connectivity index (χ1v) is 6.59. The zero-order chi connectivity index (χ0) is 14.1. The van der Waals surface area contributed by atoms with E-state index in [0.29, 0.717) is 19.4 Å². The highest BCUT2D eigenvalue weighted by atomic mass is 16.2. The molecule has 104 valence electrons. The minimum atomic E-state index is 0.0862. The number of amides is 1. The van der Waals surface area contributed by atoms with Gasteiger partial charge >= 0.3 is 0 Å². The molecule has 0 saturated heterocycles. The normalized spacial score (nSPS) is 14.2. The number of hydrogen-bond donors (Lipinski definition) is 1. The van der Waals surface area contributed by atoms with Gasteiger partial charge in [-0.05, 0) is 18.1 Å². The molecule has 0 fully saturated rings. The van der Waals surface area contributed by atoms with E-state index in [1.807, 2.05) is 25.3 Å². The molecule has 0 heterocycles. The van der Waals surface area contributed by atoms with Gasteiger partial charge in [0.15, 0.2) is 0 Å². The lowest BCUT2D eigenvalue weighted by atomic mass is 10.1. The van der Waals surface area contributed by atoms with Crippen molar-refractivity contribution in [3.63, 3.8) is 0 Å². The molecule has 19 heavy (non-hydrogen) atoms. The lowest BCUT2D eigenvalue weighted by molar-refractivity contribution is -0.129. The monoisotopic (exact) mass is 262 g/mol. The SMILES string of the molecule is CNC1=CC=C(CC(=O)N(C)CCCC=O)C=CC1. The van der Waals surface area contributed by atoms with E-state index in [0.717, 1.165) is 30.4 Å². The molecule has 0 atom stereocenters. The lowest BCUT2D eigenvalue weighted by Gasteiger charge is -2.16. The van der Waals surface area contributed by atoms with Crippen LogP contribution >= 0.6 is 0 Å². The molecule has 0 spiro atoms. The van der Waals surface area contributed by atoms with E-state index >= 15 is 0 Å². The minimum Gasteiger partial charge on any atom is -0.391 e. The largest absolute Gasteiger partial charge is 0.391 e. The molecule has 1 amide bonds. The number of carbonyl (C=O) groups excluding carboxylic acids is 2. The standard InChI is InChI=1S/C15H22N2O2/c1-16-14-7-5-6-13(8-9-14)12-15(19)17(2)10-3-4-11-18/h5-6,8-9,11,16H,3-4,7,10,12H2,1-2H3. The summed E-state index contributed by atoms with van der Waals surface area (Å²) in [6, 6.07) is 0. The molecule has 0 aromatic heterocycles. The second-order valence-electron chi connectivity index (χ2n) is 4.59. The summed E-state index contributed by atoms with van der Waals surface area (Å²) in [4.78, 5) is 23.9. The van der Waals surface area contributed by atoms with E-state index in [2.05, 4.69) is 11.4 Å². The third kappa shape index (κ3) is 5.55. The summed E-state index contributed by atoms with van der Waals surface area (Å²) < 4.78 is 0. The number of allylic oxidation sites excluding steroid dienone is 4. The molecule has 0 aromatic carbocycles. The average Bonchev–Trinajstić information content (AvgIpc) is 2.64. The first-order valence-electron chi connectivity index (χ1n) is 6.59. The molecule has 0 unspecified atom stereocenters. The molecule has 1 N–H and O–H groups in total. The van der Waals surface area contributed by atoms with Crippen LogP contribution < -0.4 is 5.32 Å². The number of rotatable bonds is 7. The van der Waals surface area contributed by atoms with Crippen LogP contribution in [0.25, 0.3) is 0 Å². The number of aldehydes is 1. The van der Waals surface area contributed by atoms with Crippen molar-refractivity contribution < 1.29 is 9.59 Å². The van der Waals surface area contributed by atoms with E-state index in [4.69, 9.17) is 0 Å². The lowest BCUT2D eigenvalue weighted by Crippen LogP contribution is -2.27. The third-order valence-corrected chi connectivity index (χ3v) is 3.09. The Balaban J connectivity index is 2.49. The Bertz CT molecular complexity index is 408. The first kappa shape index (κ1) is 15.2. The average molecular weight is 262 g/mol. The fourth-order valence-corrected chi connectivity index (χ4v) is 1.82. The molecular weight excluding hydrogens is 240 g/mol. The molecule has 1 rings (SSSR count). The molecule has 1 aliphatic rings. The maximum absolute atomic E-state index is 12.0. The molecule has 4 nitrogen and oxygen atoms in total. The third-order valence-electron chi connectivity index (χ3n) is 3.09. The Labute approximate surface area is 114 Å². The number of carbonyl (C=O) groups is 2. The van der Waals surface area contributed by atoms with Gasteiger partial charge in [0.25, 0.3) is 0 Å². The molecule has 0 bridgehead atoms. The van der Waals surface area contributed by atoms with E-state index < -0.39 is 0 Å². The molecule has 0 radical (unpaired) electrons. The maximum atomic E-state index is 12.0. The van der Waals surface area contributed by atoms with Crippen LogP contribution in [-0.2, 0) is 9.59 Å². The van der Waals surface area contributed by atoms with Gasteiger partial charge in [0.2, 0.25) is 5.91 Å². The van der Waals surface area contributed by atoms with Crippen LogP contribution in [0.1, 0.15) is 25.7 Å². The van der Waals surface area contributed by atoms with Crippen molar-refractivity contribution in [2.75, 3.05) is 20.6 Å². The van der Waals surface area contributed by atoms with Crippen molar-refractivity contribution >= 4 is 12.2 Å². The number of nitrogens with zero attached hydrogens (tertiary/aromatic N) is 1. The topological polar surface area (TPSA) is 49.4 Å². The Kier molecular flexibility index (Phi) is 6.64. The van der Waals surface area contributed by atoms with E-state index in [1.54, 1.807) is 11.9 Å². The molecule has 0 aromatic rings. The second-order valence-corrected chi connectivity index (χ2v) is 4.59. The van der Waals surface area contributed by atoms with Gasteiger partial charge in [-0.25, -0.2) is 0 Å². The van der Waals surface area contributed by atoms with Crippen LogP contribution in [-0.4, -0.2) is 37.7 Å². The predicted octanol–water partition coefficient (Wildman–Crippen LogP) is 1.80. The summed E-state index contributed by atoms with van der Waals surface area (Å²) in [5.41, 5.74) is 2.15. The zero-order valence-electron chi connectivity index (χ0n) is 11.7. The van der Waals surface area contributed by atoms with Gasteiger partial charge in [0.05, 0.1) is 6.42 Å². The fraction of sp³-hybridized carbons (Fsp3) is 0.467. The Morgan fingerprint density at radius 2 is 2.26 bits per heavy atom. The van der Waals surface area contributed by atoms with Crippen molar-refractivity contribution in [2.45, 2.75) is 25.7 Å². The van der Waals surface area contributed by atoms with Gasteiger partial charge in [0.1, 0.15) is 6.29 Å². The predicted molar refractivity (Wildman–Crippen MR) is 76.5 cm³/mol. The van der Waals surface area contributed by atoms with Crippen LogP contribution in [0, 0.1) is 0 Å². The van der Waals surface area contributed by atoms with Gasteiger partial charge in [-0.15, -0.1) is 0 Å². The quantitative estimate of drug-likeness (QED) is 0.562. The van der Waals surface area contributed by atoms with E-state index in [-0.39, 0.29) is 5.91 Å². The molecule has 4 heteroatoms. The summed E-state index contributed by atoms with van der Waals surface area (Å²) >= 11 is 0. The van der Waals surface area contributed by atoms with Crippen molar-refractivity contribution in [1.29, 1.82) is 0 Å². The Morgan fingerprint density at radius 3 is 2.95 bits per heavy atom. The van der Waals surface area contributed by atoms with Gasteiger partial charge in [0, 0.05) is 39.2 Å². The smallest absolute Gasteiger partial charge is 0.226 e. The number of nitrogens with one attached hydrogen (secondary N) is 1. The van der Waals surface area contributed by atoms with Gasteiger partial charge < -0.3 is 15.0 Å². The van der Waals surface area contributed by atoms with Crippen LogP contribution in [0.5, 0.6) is 0 Å². The van der Waals surface area contributed by atoms with Crippen LogP contribution in [0.4, 0.5) is 0 Å². The van der Waals surface area contributed by atoms with E-state index in [9.17, 15) is 9.59 Å². The first-order chi connectivity index (χ1) is 9.17. The highest BCUT2D eigenvalue weighted by Crippen LogP contribution is 2.13. The maximum Gasteiger partial charge on any atom is 0.226 e. The van der Waals surface area contributed by atoms with Crippen LogP contribution in [0.3, 0.4) is 0 Å². The highest BCUT2D eigenvalue weighted by Gasteiger charge is 2.10. The summed E-state index contributed by atoms with van der Waals surface area (Å²) in [5.74, 6) is 0.0862. The summed E-state index contributed by atoms with van der Waals surface area (Å²) in [7, 11) is 3.67. The van der Waals surface area contributed by atoms with Gasteiger partial charge in [-0.3, -0.25) is 4.79 Å². The molecule has 0 aliphatic heterocycles. The number of unbranched alkanes of at least 4 members (excludes halogenated alkanes) is 1. The summed E-state index contributed by atoms with van der Waals surface area (Å²) in [6.45, 7) is 0.631. The van der Waals surface area contributed by atoms with Crippen molar-refractivity contribution in [3.8, 4) is 0 Å². The fourth-order valence-electron chi connectivity index (χ4n) is 1.82. The van der Waals surface area contributed by atoms with E-state index in [1.165, 1.54) is 0 Å². The molecular formula is C15H22N2O2. The Hall–Kier alpha value is -1.84. The summed E-state index contributed by atoms with van der Waals surface area (Å²) in [6.07, 6.45) is 11.4. The van der Waals surface area contributed by atoms with Crippen molar-refractivity contribution in [2.24, 2.45) is 0 Å². The van der Waals surface area contributed by atoms with Gasteiger partial charge in [-0.2, -0.15) is 0 Å². The summed E-state index contributed by atoms with van der Waals surface area (Å²) in [5, 5.41) is 3.11. The zero-order valence-corrected chi connectivity index (χ0v) is 11.7. The molecule has 0 saturated carbocycles. The highest BCUT2D eigenvalue weighted by molar-refractivity contribution is 5.79. The van der Waals surface area contributed by atoms with Crippen molar-refractivity contribution in [1.82, 2.24) is 10.2 Å². The van der Waals surface area contributed by atoms with Crippen molar-refractivity contribution in [3.05, 3.63) is 35.6 Å².